The maximum Gasteiger partial charge on any atom is 0.409 e. The van der Waals surface area contributed by atoms with Crippen LogP contribution >= 0.6 is 22.6 Å². The van der Waals surface area contributed by atoms with Crippen LogP contribution in [0.15, 0.2) is 24.3 Å². The molecule has 2 N–H and O–H groups in total. The first kappa shape index (κ1) is 19.9. The Morgan fingerprint density at radius 2 is 2.11 bits per heavy atom. The molecular formula is C19H25IN4O3. The topological polar surface area (TPSA) is 85.7 Å². The summed E-state index contributed by atoms with van der Waals surface area (Å²) in [5.74, 6) is 0.205. The molecule has 1 aromatic carbocycles. The molecule has 27 heavy (non-hydrogen) atoms. The lowest BCUT2D eigenvalue weighted by Gasteiger charge is -2.46. The van der Waals surface area contributed by atoms with Crippen molar-refractivity contribution in [2.24, 2.45) is 0 Å². The molecule has 8 heteroatoms. The molecule has 0 bridgehead atoms. The lowest BCUT2D eigenvalue weighted by Crippen LogP contribution is -2.60. The van der Waals surface area contributed by atoms with E-state index in [1.54, 1.807) is 9.80 Å². The molecule has 1 spiro atoms. The number of amides is 3. The number of carbonyl (C=O) groups is 2. The zero-order valence-corrected chi connectivity index (χ0v) is 17.8. The van der Waals surface area contributed by atoms with E-state index in [1.807, 2.05) is 31.2 Å². The van der Waals surface area contributed by atoms with Crippen LogP contribution in [0.3, 0.4) is 0 Å². The van der Waals surface area contributed by atoms with Gasteiger partial charge in [-0.3, -0.25) is 15.6 Å². The van der Waals surface area contributed by atoms with Gasteiger partial charge in [-0.05, 0) is 73.0 Å². The number of rotatable bonds is 4. The van der Waals surface area contributed by atoms with Crippen molar-refractivity contribution in [2.45, 2.75) is 51.1 Å². The fourth-order valence-electron chi connectivity index (χ4n) is 3.85. The standard InChI is InChI=1S/C19H25IN4O3/c1-3-4-11-27-18(26)23-10-9-19(12-13(23)2)16(21)22-17(25)24(19)15-7-5-14(20)6-8-15/h5-8,13H,3-4,9-12H2,1-2H3,(H2,21,22,25). The summed E-state index contributed by atoms with van der Waals surface area (Å²) < 4.78 is 6.43. The number of anilines is 1. The molecule has 2 heterocycles. The summed E-state index contributed by atoms with van der Waals surface area (Å²) in [5.41, 5.74) is 0.0186. The van der Waals surface area contributed by atoms with Crippen LogP contribution in [0.25, 0.3) is 0 Å². The molecule has 0 aromatic heterocycles. The average molecular weight is 484 g/mol. The fraction of sp³-hybridized carbons (Fsp3) is 0.526. The molecule has 7 nitrogen and oxygen atoms in total. The van der Waals surface area contributed by atoms with Gasteiger partial charge in [-0.15, -0.1) is 0 Å². The van der Waals surface area contributed by atoms with E-state index in [1.165, 1.54) is 0 Å². The second-order valence-electron chi connectivity index (χ2n) is 7.11. The Kier molecular flexibility index (Phi) is 5.92. The van der Waals surface area contributed by atoms with Crippen LogP contribution in [0.2, 0.25) is 0 Å². The number of halogens is 1. The number of hydrogen-bond donors (Lipinski definition) is 2. The summed E-state index contributed by atoms with van der Waals surface area (Å²) in [4.78, 5) is 28.4. The Hall–Kier alpha value is -1.84. The number of likely N-dealkylation sites (tertiary alicyclic amines) is 1. The van der Waals surface area contributed by atoms with Crippen molar-refractivity contribution in [1.29, 1.82) is 5.41 Å². The van der Waals surface area contributed by atoms with Crippen molar-refractivity contribution in [1.82, 2.24) is 10.2 Å². The van der Waals surface area contributed by atoms with Gasteiger partial charge in [-0.1, -0.05) is 13.3 Å². The first-order valence-electron chi connectivity index (χ1n) is 9.28. The Morgan fingerprint density at radius 3 is 2.74 bits per heavy atom. The zero-order valence-electron chi connectivity index (χ0n) is 15.6. The number of urea groups is 1. The van der Waals surface area contributed by atoms with Crippen LogP contribution in [-0.2, 0) is 4.74 Å². The fourth-order valence-corrected chi connectivity index (χ4v) is 4.21. The van der Waals surface area contributed by atoms with Crippen molar-refractivity contribution < 1.29 is 14.3 Å². The van der Waals surface area contributed by atoms with Gasteiger partial charge in [0.2, 0.25) is 0 Å². The van der Waals surface area contributed by atoms with E-state index in [-0.39, 0.29) is 24.0 Å². The molecular weight excluding hydrogens is 459 g/mol. The third-order valence-electron chi connectivity index (χ3n) is 5.30. The van der Waals surface area contributed by atoms with E-state index >= 15 is 0 Å². The highest BCUT2D eigenvalue weighted by atomic mass is 127. The summed E-state index contributed by atoms with van der Waals surface area (Å²) >= 11 is 2.22. The predicted octanol–water partition coefficient (Wildman–Crippen LogP) is 3.96. The van der Waals surface area contributed by atoms with E-state index in [2.05, 4.69) is 34.8 Å². The Labute approximate surface area is 173 Å². The van der Waals surface area contributed by atoms with Gasteiger partial charge in [0.15, 0.2) is 0 Å². The molecule has 0 saturated carbocycles. The van der Waals surface area contributed by atoms with Crippen molar-refractivity contribution >= 4 is 46.2 Å². The van der Waals surface area contributed by atoms with Gasteiger partial charge in [-0.2, -0.15) is 0 Å². The number of nitrogens with zero attached hydrogens (tertiary/aromatic N) is 2. The van der Waals surface area contributed by atoms with Gasteiger partial charge in [0, 0.05) is 21.8 Å². The molecule has 0 radical (unpaired) electrons. The van der Waals surface area contributed by atoms with E-state index in [4.69, 9.17) is 10.1 Å². The van der Waals surface area contributed by atoms with Gasteiger partial charge >= 0.3 is 12.1 Å². The lowest BCUT2D eigenvalue weighted by molar-refractivity contribution is 0.0684. The molecule has 146 valence electrons. The summed E-state index contributed by atoms with van der Waals surface area (Å²) in [5, 5.41) is 11.1. The van der Waals surface area contributed by atoms with Crippen molar-refractivity contribution in [3.63, 3.8) is 0 Å². The second-order valence-corrected chi connectivity index (χ2v) is 8.36. The minimum atomic E-state index is -0.747. The SMILES string of the molecule is CCCCOC(=O)N1CCC2(CC1C)C(=N)NC(=O)N2c1ccc(I)cc1. The van der Waals surface area contributed by atoms with E-state index < -0.39 is 5.54 Å². The molecule has 3 rings (SSSR count). The van der Waals surface area contributed by atoms with Crippen LogP contribution < -0.4 is 10.2 Å². The molecule has 1 aromatic rings. The average Bonchev–Trinajstić information content (AvgIpc) is 2.86. The van der Waals surface area contributed by atoms with Crippen molar-refractivity contribution in [3.05, 3.63) is 27.8 Å². The zero-order chi connectivity index (χ0) is 19.6. The number of hydrogen-bond acceptors (Lipinski definition) is 4. The molecule has 2 aliphatic heterocycles. The summed E-state index contributed by atoms with van der Waals surface area (Å²) in [6.45, 7) is 4.87. The lowest BCUT2D eigenvalue weighted by atomic mass is 9.82. The van der Waals surface area contributed by atoms with Crippen molar-refractivity contribution in [2.75, 3.05) is 18.1 Å². The number of ether oxygens (including phenoxy) is 1. The quantitative estimate of drug-likeness (QED) is 0.501. The Morgan fingerprint density at radius 1 is 1.41 bits per heavy atom. The summed E-state index contributed by atoms with van der Waals surface area (Å²) in [7, 11) is 0. The van der Waals surface area contributed by atoms with E-state index in [0.717, 1.165) is 22.1 Å². The van der Waals surface area contributed by atoms with Crippen LogP contribution in [0, 0.1) is 8.98 Å². The van der Waals surface area contributed by atoms with Gasteiger partial charge < -0.3 is 9.64 Å². The monoisotopic (exact) mass is 484 g/mol. The van der Waals surface area contributed by atoms with E-state index in [0.29, 0.717) is 26.0 Å². The minimum Gasteiger partial charge on any atom is -0.449 e. The number of carbonyl (C=O) groups excluding carboxylic acids is 2. The maximum absolute atomic E-state index is 12.6. The van der Waals surface area contributed by atoms with Gasteiger partial charge in [0.25, 0.3) is 0 Å². The van der Waals surface area contributed by atoms with Crippen LogP contribution in [0.1, 0.15) is 39.5 Å². The number of piperidine rings is 1. The first-order valence-corrected chi connectivity index (χ1v) is 10.4. The van der Waals surface area contributed by atoms with Crippen LogP contribution in [0.5, 0.6) is 0 Å². The van der Waals surface area contributed by atoms with Gasteiger partial charge in [-0.25, -0.2) is 9.59 Å². The molecule has 2 saturated heterocycles. The van der Waals surface area contributed by atoms with Gasteiger partial charge in [0.05, 0.1) is 6.61 Å². The molecule has 0 aliphatic carbocycles. The molecule has 3 amide bonds. The number of amidine groups is 1. The first-order chi connectivity index (χ1) is 12.9. The third-order valence-corrected chi connectivity index (χ3v) is 6.02. The maximum atomic E-state index is 12.6. The Balaban J connectivity index is 1.80. The van der Waals surface area contributed by atoms with Gasteiger partial charge in [0.1, 0.15) is 11.4 Å². The third kappa shape index (κ3) is 3.76. The van der Waals surface area contributed by atoms with Crippen LogP contribution in [0.4, 0.5) is 15.3 Å². The van der Waals surface area contributed by atoms with Crippen molar-refractivity contribution in [3.8, 4) is 0 Å². The highest BCUT2D eigenvalue weighted by molar-refractivity contribution is 14.1. The Bertz CT molecular complexity index is 739. The molecule has 2 aliphatic rings. The summed E-state index contributed by atoms with van der Waals surface area (Å²) in [6, 6.07) is 7.28. The van der Waals surface area contributed by atoms with E-state index in [9.17, 15) is 9.59 Å². The number of benzene rings is 1. The largest absolute Gasteiger partial charge is 0.449 e. The minimum absolute atomic E-state index is 0.132. The molecule has 2 unspecified atom stereocenters. The van der Waals surface area contributed by atoms with Crippen LogP contribution in [-0.4, -0.2) is 47.6 Å². The molecule has 2 fully saturated rings. The number of nitrogens with one attached hydrogen (secondary N) is 2. The molecule has 2 atom stereocenters. The second kappa shape index (κ2) is 8.04. The summed E-state index contributed by atoms with van der Waals surface area (Å²) in [6.07, 6.45) is 2.52. The number of unbranched alkanes of at least 4 members (excludes halogenated alkanes) is 1. The normalized spacial score (nSPS) is 25.1. The predicted molar refractivity (Wildman–Crippen MR) is 112 cm³/mol. The highest BCUT2D eigenvalue weighted by Crippen LogP contribution is 2.39. The smallest absolute Gasteiger partial charge is 0.409 e. The highest BCUT2D eigenvalue weighted by Gasteiger charge is 2.54.